The SMILES string of the molecule is COc1cc(C)c(CCC(C)/C=C\c2cc(O)ccc2O)c(C)c1C. The molecular formula is C22H28O3. The van der Waals surface area contributed by atoms with Crippen LogP contribution < -0.4 is 4.74 Å². The normalized spacial score (nSPS) is 12.5. The molecule has 3 heteroatoms. The fourth-order valence-corrected chi connectivity index (χ4v) is 3.11. The molecule has 2 N–H and O–H groups in total. The van der Waals surface area contributed by atoms with Crippen LogP contribution in [-0.2, 0) is 6.42 Å². The Morgan fingerprint density at radius 2 is 1.80 bits per heavy atom. The van der Waals surface area contributed by atoms with Crippen molar-refractivity contribution < 1.29 is 14.9 Å². The number of rotatable bonds is 6. The third kappa shape index (κ3) is 4.56. The molecule has 2 aromatic carbocycles. The first-order valence-electron chi connectivity index (χ1n) is 8.67. The molecule has 1 unspecified atom stereocenters. The zero-order valence-electron chi connectivity index (χ0n) is 15.8. The molecule has 2 aromatic rings. The van der Waals surface area contributed by atoms with E-state index in [9.17, 15) is 10.2 Å². The summed E-state index contributed by atoms with van der Waals surface area (Å²) in [6.07, 6.45) is 5.97. The van der Waals surface area contributed by atoms with Crippen molar-refractivity contribution >= 4 is 6.08 Å². The van der Waals surface area contributed by atoms with Gasteiger partial charge in [-0.15, -0.1) is 0 Å². The lowest BCUT2D eigenvalue weighted by Gasteiger charge is -2.17. The van der Waals surface area contributed by atoms with E-state index in [1.54, 1.807) is 13.2 Å². The summed E-state index contributed by atoms with van der Waals surface area (Å²) in [7, 11) is 1.71. The fourth-order valence-electron chi connectivity index (χ4n) is 3.11. The lowest BCUT2D eigenvalue weighted by molar-refractivity contribution is 0.410. The molecule has 0 fully saturated rings. The molecule has 134 valence electrons. The van der Waals surface area contributed by atoms with Crippen molar-refractivity contribution in [2.24, 2.45) is 5.92 Å². The monoisotopic (exact) mass is 340 g/mol. The van der Waals surface area contributed by atoms with Crippen molar-refractivity contribution in [1.29, 1.82) is 0 Å². The molecule has 0 saturated heterocycles. The van der Waals surface area contributed by atoms with E-state index in [1.807, 2.05) is 6.08 Å². The molecule has 1 atom stereocenters. The van der Waals surface area contributed by atoms with Gasteiger partial charge in [-0.25, -0.2) is 0 Å². The zero-order valence-corrected chi connectivity index (χ0v) is 15.8. The molecule has 25 heavy (non-hydrogen) atoms. The number of ether oxygens (including phenoxy) is 1. The molecule has 0 bridgehead atoms. The first-order chi connectivity index (χ1) is 11.8. The minimum Gasteiger partial charge on any atom is -0.508 e. The summed E-state index contributed by atoms with van der Waals surface area (Å²) in [4.78, 5) is 0. The van der Waals surface area contributed by atoms with Crippen LogP contribution >= 0.6 is 0 Å². The van der Waals surface area contributed by atoms with Gasteiger partial charge in [0.15, 0.2) is 0 Å². The summed E-state index contributed by atoms with van der Waals surface area (Å²) < 4.78 is 5.44. The van der Waals surface area contributed by atoms with Crippen LogP contribution in [-0.4, -0.2) is 17.3 Å². The van der Waals surface area contributed by atoms with E-state index in [0.29, 0.717) is 11.5 Å². The number of aromatic hydroxyl groups is 2. The van der Waals surface area contributed by atoms with E-state index in [0.717, 1.165) is 18.6 Å². The molecule has 0 aliphatic heterocycles. The Bertz CT molecular complexity index is 775. The molecule has 0 aliphatic carbocycles. The van der Waals surface area contributed by atoms with Crippen LogP contribution in [0.25, 0.3) is 6.08 Å². The molecule has 0 aromatic heterocycles. The molecule has 0 radical (unpaired) electrons. The molecule has 3 nitrogen and oxygen atoms in total. The molecular weight excluding hydrogens is 312 g/mol. The maximum atomic E-state index is 9.83. The predicted molar refractivity (Wildman–Crippen MR) is 103 cm³/mol. The second kappa shape index (κ2) is 8.11. The van der Waals surface area contributed by atoms with Gasteiger partial charge in [0.25, 0.3) is 0 Å². The summed E-state index contributed by atoms with van der Waals surface area (Å²) in [6, 6.07) is 6.67. The van der Waals surface area contributed by atoms with Crippen molar-refractivity contribution in [1.82, 2.24) is 0 Å². The van der Waals surface area contributed by atoms with Crippen LogP contribution in [0.1, 0.15) is 41.2 Å². The highest BCUT2D eigenvalue weighted by molar-refractivity contribution is 5.59. The number of aryl methyl sites for hydroxylation is 1. The Hall–Kier alpha value is -2.42. The highest BCUT2D eigenvalue weighted by Crippen LogP contribution is 2.29. The lowest BCUT2D eigenvalue weighted by atomic mass is 9.91. The first-order valence-corrected chi connectivity index (χ1v) is 8.67. The van der Waals surface area contributed by atoms with E-state index in [-0.39, 0.29) is 11.5 Å². The van der Waals surface area contributed by atoms with Gasteiger partial charge in [0.2, 0.25) is 0 Å². The molecule has 0 spiro atoms. The van der Waals surface area contributed by atoms with Crippen LogP contribution in [0.2, 0.25) is 0 Å². The Morgan fingerprint density at radius 1 is 1.08 bits per heavy atom. The number of methoxy groups -OCH3 is 1. The minimum absolute atomic E-state index is 0.157. The van der Waals surface area contributed by atoms with Gasteiger partial charge in [-0.05, 0) is 86.1 Å². The number of hydrogen-bond acceptors (Lipinski definition) is 3. The predicted octanol–water partition coefficient (Wildman–Crippen LogP) is 5.31. The van der Waals surface area contributed by atoms with Gasteiger partial charge < -0.3 is 14.9 Å². The van der Waals surface area contributed by atoms with E-state index >= 15 is 0 Å². The van der Waals surface area contributed by atoms with E-state index < -0.39 is 0 Å². The lowest BCUT2D eigenvalue weighted by Crippen LogP contribution is -2.02. The van der Waals surface area contributed by atoms with Gasteiger partial charge in [0.1, 0.15) is 17.2 Å². The maximum absolute atomic E-state index is 9.83. The van der Waals surface area contributed by atoms with E-state index in [2.05, 4.69) is 39.8 Å². The molecule has 0 saturated carbocycles. The first kappa shape index (κ1) is 18.9. The molecule has 0 amide bonds. The summed E-state index contributed by atoms with van der Waals surface area (Å²) in [5.74, 6) is 1.65. The van der Waals surface area contributed by atoms with Crippen LogP contribution in [0.5, 0.6) is 17.2 Å². The average Bonchev–Trinajstić information content (AvgIpc) is 2.58. The second-order valence-electron chi connectivity index (χ2n) is 6.74. The highest BCUT2D eigenvalue weighted by Gasteiger charge is 2.11. The second-order valence-corrected chi connectivity index (χ2v) is 6.74. The largest absolute Gasteiger partial charge is 0.508 e. The summed E-state index contributed by atoms with van der Waals surface area (Å²) in [6.45, 7) is 8.56. The Balaban J connectivity index is 2.07. The Kier molecular flexibility index (Phi) is 6.13. The van der Waals surface area contributed by atoms with Gasteiger partial charge >= 0.3 is 0 Å². The maximum Gasteiger partial charge on any atom is 0.123 e. The molecule has 0 aliphatic rings. The van der Waals surface area contributed by atoms with Crippen LogP contribution in [0, 0.1) is 26.7 Å². The van der Waals surface area contributed by atoms with Crippen LogP contribution in [0.4, 0.5) is 0 Å². The van der Waals surface area contributed by atoms with Gasteiger partial charge in [0.05, 0.1) is 7.11 Å². The van der Waals surface area contributed by atoms with Gasteiger partial charge in [-0.1, -0.05) is 19.1 Å². The van der Waals surface area contributed by atoms with Crippen molar-refractivity contribution in [3.05, 3.63) is 58.2 Å². The van der Waals surface area contributed by atoms with Gasteiger partial charge in [0, 0.05) is 5.56 Å². The number of benzene rings is 2. The summed E-state index contributed by atoms with van der Waals surface area (Å²) in [5, 5.41) is 19.4. The Labute approximate surface area is 150 Å². The van der Waals surface area contributed by atoms with Crippen LogP contribution in [0.15, 0.2) is 30.3 Å². The topological polar surface area (TPSA) is 49.7 Å². The Morgan fingerprint density at radius 3 is 2.48 bits per heavy atom. The van der Waals surface area contributed by atoms with Crippen LogP contribution in [0.3, 0.4) is 0 Å². The molecule has 0 heterocycles. The van der Waals surface area contributed by atoms with Crippen molar-refractivity contribution in [3.63, 3.8) is 0 Å². The number of phenols is 2. The van der Waals surface area contributed by atoms with E-state index in [1.165, 1.54) is 34.4 Å². The third-order valence-corrected chi connectivity index (χ3v) is 4.89. The zero-order chi connectivity index (χ0) is 18.6. The van der Waals surface area contributed by atoms with Crippen molar-refractivity contribution in [2.45, 2.75) is 40.5 Å². The number of allylic oxidation sites excluding steroid dienone is 1. The number of hydrogen-bond donors (Lipinski definition) is 2. The fraction of sp³-hybridized carbons (Fsp3) is 0.364. The van der Waals surface area contributed by atoms with E-state index in [4.69, 9.17) is 4.74 Å². The number of phenolic OH excluding ortho intramolecular Hbond substituents is 2. The minimum atomic E-state index is 0.157. The van der Waals surface area contributed by atoms with Crippen molar-refractivity contribution in [3.8, 4) is 17.2 Å². The quantitative estimate of drug-likeness (QED) is 0.700. The smallest absolute Gasteiger partial charge is 0.123 e. The average molecular weight is 340 g/mol. The van der Waals surface area contributed by atoms with Gasteiger partial charge in [-0.2, -0.15) is 0 Å². The standard InChI is InChI=1S/C22H28O3/c1-14(6-8-18-13-19(23)9-11-21(18)24)7-10-20-15(2)12-22(25-5)17(4)16(20)3/h6,8-9,11-14,23-24H,7,10H2,1-5H3/b8-6-. The van der Waals surface area contributed by atoms with Crippen molar-refractivity contribution in [2.75, 3.05) is 7.11 Å². The molecule has 2 rings (SSSR count). The van der Waals surface area contributed by atoms with Gasteiger partial charge in [-0.3, -0.25) is 0 Å². The summed E-state index contributed by atoms with van der Waals surface area (Å²) >= 11 is 0. The summed E-state index contributed by atoms with van der Waals surface area (Å²) in [5.41, 5.74) is 5.80. The third-order valence-electron chi connectivity index (χ3n) is 4.89. The highest BCUT2D eigenvalue weighted by atomic mass is 16.5.